The van der Waals surface area contributed by atoms with Crippen LogP contribution >= 0.6 is 11.6 Å². The lowest BCUT2D eigenvalue weighted by Gasteiger charge is -2.11. The first-order chi connectivity index (χ1) is 11.2. The molecule has 0 saturated carbocycles. The number of benzene rings is 2. The Morgan fingerprint density at radius 3 is 2.83 bits per heavy atom. The Kier molecular flexibility index (Phi) is 3.35. The van der Waals surface area contributed by atoms with Crippen LogP contribution in [-0.4, -0.2) is 22.0 Å². The summed E-state index contributed by atoms with van der Waals surface area (Å²) >= 11 is 5.97. The number of fused-ring (bicyclic) bond motifs is 2. The van der Waals surface area contributed by atoms with E-state index in [1.807, 2.05) is 12.1 Å². The van der Waals surface area contributed by atoms with Gasteiger partial charge < -0.3 is 10.1 Å². The minimum absolute atomic E-state index is 0.194. The number of ether oxygens (including phenoxy) is 1. The van der Waals surface area contributed by atoms with Crippen LogP contribution in [0.1, 0.15) is 5.56 Å². The molecule has 1 aromatic heterocycles. The highest BCUT2D eigenvalue weighted by molar-refractivity contribution is 6.30. The van der Waals surface area contributed by atoms with E-state index in [1.165, 1.54) is 0 Å². The highest BCUT2D eigenvalue weighted by atomic mass is 35.5. The van der Waals surface area contributed by atoms with Crippen molar-refractivity contribution in [1.29, 1.82) is 0 Å². The highest BCUT2D eigenvalue weighted by Gasteiger charge is 2.29. The molecule has 0 aliphatic carbocycles. The molecule has 0 spiro atoms. The summed E-state index contributed by atoms with van der Waals surface area (Å²) < 4.78 is 5.68. The molecule has 1 aliphatic heterocycles. The summed E-state index contributed by atoms with van der Waals surface area (Å²) in [5, 5.41) is 3.50. The summed E-state index contributed by atoms with van der Waals surface area (Å²) in [7, 11) is 0. The van der Waals surface area contributed by atoms with E-state index in [0.29, 0.717) is 22.9 Å². The molecule has 2 aromatic carbocycles. The molecule has 0 bridgehead atoms. The lowest BCUT2D eigenvalue weighted by molar-refractivity contribution is -0.122. The van der Waals surface area contributed by atoms with Gasteiger partial charge in [0.25, 0.3) is 5.91 Å². The highest BCUT2D eigenvalue weighted by Crippen LogP contribution is 2.31. The van der Waals surface area contributed by atoms with Crippen LogP contribution < -0.4 is 10.1 Å². The molecule has 1 aliphatic rings. The molecule has 0 fully saturated rings. The topological polar surface area (TPSA) is 64.1 Å². The first-order valence-corrected chi connectivity index (χ1v) is 7.53. The maximum Gasteiger partial charge on any atom is 0.265 e. The number of carbonyl (C=O) groups excluding carboxylic acids is 1. The molecule has 1 N–H and O–H groups in total. The van der Waals surface area contributed by atoms with Gasteiger partial charge in [-0.15, -0.1) is 0 Å². The van der Waals surface area contributed by atoms with Crippen LogP contribution in [0.15, 0.2) is 48.8 Å². The van der Waals surface area contributed by atoms with Crippen LogP contribution in [0.2, 0.25) is 5.02 Å². The van der Waals surface area contributed by atoms with Crippen molar-refractivity contribution in [2.24, 2.45) is 0 Å². The molecule has 114 valence electrons. The van der Waals surface area contributed by atoms with Gasteiger partial charge in [0.2, 0.25) is 0 Å². The molecule has 1 atom stereocenters. The third-order valence-corrected chi connectivity index (χ3v) is 3.96. The maximum absolute atomic E-state index is 12.4. The lowest BCUT2D eigenvalue weighted by atomic mass is 10.1. The standard InChI is InChI=1S/C17H12ClN3O2/c18-11-1-4-15-10(7-11)8-16(23-15)17(22)21-12-2-3-13-14(9-12)20-6-5-19-13/h1-7,9,16H,8H2,(H,21,22). The van der Waals surface area contributed by atoms with Crippen molar-refractivity contribution in [2.75, 3.05) is 5.32 Å². The summed E-state index contributed by atoms with van der Waals surface area (Å²) in [6.07, 6.45) is 3.21. The van der Waals surface area contributed by atoms with Gasteiger partial charge in [-0.3, -0.25) is 14.8 Å². The molecule has 1 unspecified atom stereocenters. The summed E-state index contributed by atoms with van der Waals surface area (Å²) in [6.45, 7) is 0. The average Bonchev–Trinajstić information content (AvgIpc) is 2.98. The lowest BCUT2D eigenvalue weighted by Crippen LogP contribution is -2.31. The van der Waals surface area contributed by atoms with Gasteiger partial charge in [0.15, 0.2) is 6.10 Å². The number of nitrogens with zero attached hydrogens (tertiary/aromatic N) is 2. The van der Waals surface area contributed by atoms with Crippen molar-refractivity contribution in [3.8, 4) is 5.75 Å². The van der Waals surface area contributed by atoms with Crippen LogP contribution in [0.4, 0.5) is 5.69 Å². The molecule has 0 saturated heterocycles. The first-order valence-electron chi connectivity index (χ1n) is 7.16. The predicted octanol–water partition coefficient (Wildman–Crippen LogP) is 3.23. The van der Waals surface area contributed by atoms with Gasteiger partial charge in [0.05, 0.1) is 11.0 Å². The van der Waals surface area contributed by atoms with Crippen molar-refractivity contribution in [2.45, 2.75) is 12.5 Å². The largest absolute Gasteiger partial charge is 0.480 e. The van der Waals surface area contributed by atoms with Crippen molar-refractivity contribution in [3.05, 3.63) is 59.4 Å². The number of aromatic nitrogens is 2. The fourth-order valence-corrected chi connectivity index (χ4v) is 2.82. The first kappa shape index (κ1) is 14.0. The molecule has 3 aromatic rings. The molecular formula is C17H12ClN3O2. The van der Waals surface area contributed by atoms with Crippen molar-refractivity contribution in [3.63, 3.8) is 0 Å². The Hall–Kier alpha value is -2.66. The van der Waals surface area contributed by atoms with Gasteiger partial charge in [0.1, 0.15) is 5.75 Å². The number of halogens is 1. The molecule has 5 nitrogen and oxygen atoms in total. The van der Waals surface area contributed by atoms with Gasteiger partial charge in [-0.2, -0.15) is 0 Å². The molecular weight excluding hydrogens is 314 g/mol. The fourth-order valence-electron chi connectivity index (χ4n) is 2.63. The fraction of sp³-hybridized carbons (Fsp3) is 0.118. The third kappa shape index (κ3) is 2.71. The zero-order valence-electron chi connectivity index (χ0n) is 12.0. The number of nitrogens with one attached hydrogen (secondary N) is 1. The van der Waals surface area contributed by atoms with Crippen LogP contribution in [-0.2, 0) is 11.2 Å². The summed E-state index contributed by atoms with van der Waals surface area (Å²) in [5.74, 6) is 0.513. The van der Waals surface area contributed by atoms with Crippen LogP contribution in [0.25, 0.3) is 11.0 Å². The third-order valence-electron chi connectivity index (χ3n) is 3.73. The van der Waals surface area contributed by atoms with Gasteiger partial charge in [-0.25, -0.2) is 0 Å². The second-order valence-electron chi connectivity index (χ2n) is 5.31. The van der Waals surface area contributed by atoms with E-state index >= 15 is 0 Å². The van der Waals surface area contributed by atoms with Crippen molar-refractivity contribution < 1.29 is 9.53 Å². The van der Waals surface area contributed by atoms with E-state index in [0.717, 1.165) is 16.6 Å². The number of hydrogen-bond acceptors (Lipinski definition) is 4. The van der Waals surface area contributed by atoms with Crippen LogP contribution in [0, 0.1) is 0 Å². The van der Waals surface area contributed by atoms with Gasteiger partial charge in [0, 0.05) is 29.5 Å². The van der Waals surface area contributed by atoms with Crippen molar-refractivity contribution >= 4 is 34.2 Å². The van der Waals surface area contributed by atoms with E-state index < -0.39 is 6.10 Å². The molecule has 4 rings (SSSR count). The second-order valence-corrected chi connectivity index (χ2v) is 5.75. The smallest absolute Gasteiger partial charge is 0.265 e. The van der Waals surface area contributed by atoms with E-state index in [2.05, 4.69) is 15.3 Å². The average molecular weight is 326 g/mol. The second kappa shape index (κ2) is 5.52. The number of rotatable bonds is 2. The number of amides is 1. The Morgan fingerprint density at radius 1 is 1.13 bits per heavy atom. The van der Waals surface area contributed by atoms with E-state index in [1.54, 1.807) is 36.7 Å². The Morgan fingerprint density at radius 2 is 1.96 bits per heavy atom. The Labute approximate surface area is 137 Å². The van der Waals surface area contributed by atoms with Crippen LogP contribution in [0.5, 0.6) is 5.75 Å². The van der Waals surface area contributed by atoms with Gasteiger partial charge in [-0.1, -0.05) is 11.6 Å². The number of carbonyl (C=O) groups is 1. The zero-order chi connectivity index (χ0) is 15.8. The maximum atomic E-state index is 12.4. The SMILES string of the molecule is O=C(Nc1ccc2nccnc2c1)C1Cc2cc(Cl)ccc2O1. The molecule has 6 heteroatoms. The summed E-state index contributed by atoms with van der Waals surface area (Å²) in [4.78, 5) is 20.8. The van der Waals surface area contributed by atoms with E-state index in [9.17, 15) is 4.79 Å². The zero-order valence-corrected chi connectivity index (χ0v) is 12.7. The van der Waals surface area contributed by atoms with Gasteiger partial charge in [-0.05, 0) is 42.0 Å². The Bertz CT molecular complexity index is 913. The van der Waals surface area contributed by atoms with Crippen molar-refractivity contribution in [1.82, 2.24) is 9.97 Å². The minimum Gasteiger partial charge on any atom is -0.480 e. The summed E-state index contributed by atoms with van der Waals surface area (Å²) in [6, 6.07) is 10.8. The normalized spacial score (nSPS) is 16.0. The number of anilines is 1. The molecule has 0 radical (unpaired) electrons. The molecule has 2 heterocycles. The minimum atomic E-state index is -0.555. The van der Waals surface area contributed by atoms with E-state index in [4.69, 9.17) is 16.3 Å². The molecule has 23 heavy (non-hydrogen) atoms. The number of hydrogen-bond donors (Lipinski definition) is 1. The van der Waals surface area contributed by atoms with E-state index in [-0.39, 0.29) is 5.91 Å². The quantitative estimate of drug-likeness (QED) is 0.785. The Balaban J connectivity index is 1.51. The molecule has 1 amide bonds. The monoisotopic (exact) mass is 325 g/mol. The van der Waals surface area contributed by atoms with Crippen LogP contribution in [0.3, 0.4) is 0 Å². The predicted molar refractivity (Wildman–Crippen MR) is 87.7 cm³/mol. The van der Waals surface area contributed by atoms with Gasteiger partial charge >= 0.3 is 0 Å². The summed E-state index contributed by atoms with van der Waals surface area (Å²) in [5.41, 5.74) is 3.12.